The summed E-state index contributed by atoms with van der Waals surface area (Å²) in [5.41, 5.74) is 1.43. The topological polar surface area (TPSA) is 75.3 Å². The molecule has 5 nitrogen and oxygen atoms in total. The first-order chi connectivity index (χ1) is 9.85. The summed E-state index contributed by atoms with van der Waals surface area (Å²) in [6.45, 7) is 2.21. The van der Waals surface area contributed by atoms with Crippen LogP contribution in [0.15, 0.2) is 18.2 Å². The zero-order valence-corrected chi connectivity index (χ0v) is 12.7. The van der Waals surface area contributed by atoms with E-state index in [-0.39, 0.29) is 35.7 Å². The minimum absolute atomic E-state index is 0.00603. The van der Waals surface area contributed by atoms with Gasteiger partial charge in [-0.1, -0.05) is 0 Å². The lowest BCUT2D eigenvalue weighted by Gasteiger charge is -2.12. The number of rotatable bonds is 5. The Morgan fingerprint density at radius 1 is 1.43 bits per heavy atom. The van der Waals surface area contributed by atoms with Gasteiger partial charge < -0.3 is 10.6 Å². The smallest absolute Gasteiger partial charge is 0.239 e. The number of carbonyl (C=O) groups is 1. The Bertz CT molecular complexity index is 631. The summed E-state index contributed by atoms with van der Waals surface area (Å²) >= 11 is 0. The van der Waals surface area contributed by atoms with Crippen molar-refractivity contribution >= 4 is 21.4 Å². The minimum Gasteiger partial charge on any atom is -0.376 e. The van der Waals surface area contributed by atoms with E-state index in [2.05, 4.69) is 10.6 Å². The highest BCUT2D eigenvalue weighted by Crippen LogP contribution is 2.17. The molecule has 0 aliphatic carbocycles. The maximum absolute atomic E-state index is 12.9. The van der Waals surface area contributed by atoms with E-state index in [1.807, 2.05) is 0 Å². The fourth-order valence-electron chi connectivity index (χ4n) is 2.35. The Morgan fingerprint density at radius 2 is 2.19 bits per heavy atom. The molecule has 0 spiro atoms. The van der Waals surface area contributed by atoms with E-state index in [0.717, 1.165) is 5.56 Å². The highest BCUT2D eigenvalue weighted by atomic mass is 32.2. The standard InChI is InChI=1S/C14H19FN2O3S/c1-10-6-12(15)2-3-13(10)16-8-14(18)17-7-11-4-5-21(19,20)9-11/h2-3,6,11,16H,4-5,7-9H2,1H3,(H,17,18). The van der Waals surface area contributed by atoms with Gasteiger partial charge in [-0.3, -0.25) is 4.79 Å². The summed E-state index contributed by atoms with van der Waals surface area (Å²) in [4.78, 5) is 11.7. The third kappa shape index (κ3) is 4.70. The van der Waals surface area contributed by atoms with E-state index < -0.39 is 9.84 Å². The number of hydrogen-bond acceptors (Lipinski definition) is 4. The van der Waals surface area contributed by atoms with Gasteiger partial charge in [0.1, 0.15) is 5.82 Å². The molecule has 1 aliphatic heterocycles. The zero-order valence-electron chi connectivity index (χ0n) is 11.9. The summed E-state index contributed by atoms with van der Waals surface area (Å²) in [5, 5.41) is 5.66. The summed E-state index contributed by atoms with van der Waals surface area (Å²) in [5.74, 6) is -0.155. The molecule has 2 N–H and O–H groups in total. The lowest BCUT2D eigenvalue weighted by atomic mass is 10.1. The number of benzene rings is 1. The van der Waals surface area contributed by atoms with Gasteiger partial charge in [0, 0.05) is 12.2 Å². The number of halogens is 1. The van der Waals surface area contributed by atoms with Crippen molar-refractivity contribution in [3.63, 3.8) is 0 Å². The van der Waals surface area contributed by atoms with Gasteiger partial charge in [0.2, 0.25) is 5.91 Å². The average molecular weight is 314 g/mol. The normalized spacial score (nSPS) is 20.2. The predicted octanol–water partition coefficient (Wildman–Crippen LogP) is 1.10. The van der Waals surface area contributed by atoms with E-state index in [9.17, 15) is 17.6 Å². The molecule has 116 valence electrons. The molecule has 1 amide bonds. The van der Waals surface area contributed by atoms with Crippen molar-refractivity contribution in [3.8, 4) is 0 Å². The molecular formula is C14H19FN2O3S. The first-order valence-electron chi connectivity index (χ1n) is 6.83. The second kappa shape index (κ2) is 6.43. The maximum Gasteiger partial charge on any atom is 0.239 e. The summed E-state index contributed by atoms with van der Waals surface area (Å²) in [6, 6.07) is 4.31. The Balaban J connectivity index is 1.75. The summed E-state index contributed by atoms with van der Waals surface area (Å²) in [6.07, 6.45) is 0.604. The first-order valence-corrected chi connectivity index (χ1v) is 8.65. The molecule has 0 aromatic heterocycles. The molecule has 1 aliphatic rings. The van der Waals surface area contributed by atoms with Crippen LogP contribution in [-0.4, -0.2) is 38.9 Å². The third-order valence-electron chi connectivity index (χ3n) is 3.54. The molecule has 1 aromatic carbocycles. The summed E-state index contributed by atoms with van der Waals surface area (Å²) < 4.78 is 35.6. The lowest BCUT2D eigenvalue weighted by Crippen LogP contribution is -2.34. The first kappa shape index (κ1) is 15.8. The lowest BCUT2D eigenvalue weighted by molar-refractivity contribution is -0.119. The molecule has 1 saturated heterocycles. The molecule has 0 saturated carbocycles. The van der Waals surface area contributed by atoms with Gasteiger partial charge in [-0.05, 0) is 43.0 Å². The highest BCUT2D eigenvalue weighted by Gasteiger charge is 2.27. The maximum atomic E-state index is 12.9. The van der Waals surface area contributed by atoms with Crippen LogP contribution >= 0.6 is 0 Å². The molecule has 1 atom stereocenters. The number of carbonyl (C=O) groups excluding carboxylic acids is 1. The van der Waals surface area contributed by atoms with Gasteiger partial charge in [-0.2, -0.15) is 0 Å². The molecule has 1 unspecified atom stereocenters. The molecule has 0 bridgehead atoms. The fourth-order valence-corrected chi connectivity index (χ4v) is 4.22. The molecule has 1 fully saturated rings. The number of sulfone groups is 1. The van der Waals surface area contributed by atoms with Crippen LogP contribution in [0.5, 0.6) is 0 Å². The SMILES string of the molecule is Cc1cc(F)ccc1NCC(=O)NCC1CCS(=O)(=O)C1. The van der Waals surface area contributed by atoms with E-state index >= 15 is 0 Å². The van der Waals surface area contributed by atoms with Gasteiger partial charge in [-0.15, -0.1) is 0 Å². The van der Waals surface area contributed by atoms with Gasteiger partial charge in [0.15, 0.2) is 9.84 Å². The molecule has 0 radical (unpaired) electrons. The average Bonchev–Trinajstić information content (AvgIpc) is 2.75. The van der Waals surface area contributed by atoms with Crippen LogP contribution in [0.25, 0.3) is 0 Å². The van der Waals surface area contributed by atoms with Crippen molar-refractivity contribution in [2.45, 2.75) is 13.3 Å². The molecule has 1 aromatic rings. The van der Waals surface area contributed by atoms with Gasteiger partial charge in [0.25, 0.3) is 0 Å². The zero-order chi connectivity index (χ0) is 15.5. The van der Waals surface area contributed by atoms with Gasteiger partial charge in [-0.25, -0.2) is 12.8 Å². The number of amides is 1. The molecule has 1 heterocycles. The van der Waals surface area contributed by atoms with Crippen LogP contribution in [0.2, 0.25) is 0 Å². The molecule has 7 heteroatoms. The number of aryl methyl sites for hydroxylation is 1. The molecule has 2 rings (SSSR count). The largest absolute Gasteiger partial charge is 0.376 e. The molecule has 21 heavy (non-hydrogen) atoms. The second-order valence-electron chi connectivity index (χ2n) is 5.39. The monoisotopic (exact) mass is 314 g/mol. The summed E-state index contributed by atoms with van der Waals surface area (Å²) in [7, 11) is -2.91. The fraction of sp³-hybridized carbons (Fsp3) is 0.500. The van der Waals surface area contributed by atoms with E-state index in [1.54, 1.807) is 13.0 Å². The van der Waals surface area contributed by atoms with Gasteiger partial charge in [0.05, 0.1) is 18.1 Å². The Labute approximate surface area is 123 Å². The quantitative estimate of drug-likeness (QED) is 0.853. The van der Waals surface area contributed by atoms with E-state index in [0.29, 0.717) is 18.7 Å². The van der Waals surface area contributed by atoms with Gasteiger partial charge >= 0.3 is 0 Å². The minimum atomic E-state index is -2.91. The second-order valence-corrected chi connectivity index (χ2v) is 7.61. The number of anilines is 1. The van der Waals surface area contributed by atoms with Crippen LogP contribution in [0.4, 0.5) is 10.1 Å². The Kier molecular flexibility index (Phi) is 4.82. The molecular weight excluding hydrogens is 295 g/mol. The van der Waals surface area contributed by atoms with Crippen molar-refractivity contribution in [1.29, 1.82) is 0 Å². The van der Waals surface area contributed by atoms with Crippen molar-refractivity contribution in [3.05, 3.63) is 29.6 Å². The van der Waals surface area contributed by atoms with Crippen molar-refractivity contribution in [1.82, 2.24) is 5.32 Å². The van der Waals surface area contributed by atoms with Crippen LogP contribution < -0.4 is 10.6 Å². The van der Waals surface area contributed by atoms with Crippen LogP contribution in [-0.2, 0) is 14.6 Å². The van der Waals surface area contributed by atoms with Crippen LogP contribution in [0.1, 0.15) is 12.0 Å². The van der Waals surface area contributed by atoms with E-state index in [4.69, 9.17) is 0 Å². The Morgan fingerprint density at radius 3 is 2.81 bits per heavy atom. The predicted molar refractivity (Wildman–Crippen MR) is 79.4 cm³/mol. The van der Waals surface area contributed by atoms with Crippen molar-refractivity contribution in [2.24, 2.45) is 5.92 Å². The van der Waals surface area contributed by atoms with Crippen LogP contribution in [0.3, 0.4) is 0 Å². The third-order valence-corrected chi connectivity index (χ3v) is 5.38. The number of nitrogens with one attached hydrogen (secondary N) is 2. The van der Waals surface area contributed by atoms with Crippen molar-refractivity contribution in [2.75, 3.05) is 29.9 Å². The van der Waals surface area contributed by atoms with E-state index in [1.165, 1.54) is 12.1 Å². The Hall–Kier alpha value is -1.63. The van der Waals surface area contributed by atoms with Crippen LogP contribution in [0, 0.1) is 18.7 Å². The highest BCUT2D eigenvalue weighted by molar-refractivity contribution is 7.91. The number of hydrogen-bond donors (Lipinski definition) is 2. The van der Waals surface area contributed by atoms with Crippen molar-refractivity contribution < 1.29 is 17.6 Å².